The molecule has 0 aliphatic rings. The van der Waals surface area contributed by atoms with Crippen LogP contribution >= 0.6 is 23.1 Å². The fourth-order valence-corrected chi connectivity index (χ4v) is 3.38. The standard InChI is InChI=1S/C13H14FNS2/c1-9-6-7-13(17-9)11(15)8-16-12-5-3-2-4-10(12)14/h2-7,11H,8,15H2,1H3. The fraction of sp³-hybridized carbons (Fsp3) is 0.231. The van der Waals surface area contributed by atoms with Gasteiger partial charge in [-0.3, -0.25) is 0 Å². The fourth-order valence-electron chi connectivity index (χ4n) is 1.48. The van der Waals surface area contributed by atoms with E-state index in [2.05, 4.69) is 13.0 Å². The van der Waals surface area contributed by atoms with Crippen molar-refractivity contribution >= 4 is 23.1 Å². The maximum atomic E-state index is 13.4. The second-order valence-corrected chi connectivity index (χ2v) is 6.18. The van der Waals surface area contributed by atoms with Gasteiger partial charge in [0.2, 0.25) is 0 Å². The van der Waals surface area contributed by atoms with E-state index in [1.165, 1.54) is 22.7 Å². The lowest BCUT2D eigenvalue weighted by molar-refractivity contribution is 0.602. The third-order valence-corrected chi connectivity index (χ3v) is 4.68. The smallest absolute Gasteiger partial charge is 0.136 e. The Balaban J connectivity index is 1.97. The van der Waals surface area contributed by atoms with E-state index in [0.717, 1.165) is 4.88 Å². The molecule has 0 amide bonds. The van der Waals surface area contributed by atoms with Crippen molar-refractivity contribution in [1.82, 2.24) is 0 Å². The monoisotopic (exact) mass is 267 g/mol. The first kappa shape index (κ1) is 12.6. The molecule has 1 heterocycles. The Hall–Kier alpha value is -0.840. The van der Waals surface area contributed by atoms with Crippen LogP contribution < -0.4 is 5.73 Å². The minimum atomic E-state index is -0.174. The van der Waals surface area contributed by atoms with E-state index in [0.29, 0.717) is 10.6 Å². The van der Waals surface area contributed by atoms with Crippen molar-refractivity contribution in [1.29, 1.82) is 0 Å². The normalized spacial score (nSPS) is 12.6. The number of benzene rings is 1. The third kappa shape index (κ3) is 3.31. The first-order chi connectivity index (χ1) is 8.16. The Morgan fingerprint density at radius 3 is 2.71 bits per heavy atom. The number of hydrogen-bond acceptors (Lipinski definition) is 3. The van der Waals surface area contributed by atoms with Crippen LogP contribution in [0.1, 0.15) is 15.8 Å². The summed E-state index contributed by atoms with van der Waals surface area (Å²) in [5, 5.41) is 0. The highest BCUT2D eigenvalue weighted by Gasteiger charge is 2.10. The first-order valence-electron chi connectivity index (χ1n) is 5.36. The molecule has 0 saturated heterocycles. The molecule has 2 aromatic rings. The second kappa shape index (κ2) is 5.67. The molecule has 0 aliphatic heterocycles. The molecular weight excluding hydrogens is 253 g/mol. The van der Waals surface area contributed by atoms with Crippen LogP contribution in [0, 0.1) is 12.7 Å². The van der Waals surface area contributed by atoms with Crippen LogP contribution in [0.2, 0.25) is 0 Å². The van der Waals surface area contributed by atoms with Crippen LogP contribution in [-0.4, -0.2) is 5.75 Å². The summed E-state index contributed by atoms with van der Waals surface area (Å²) in [6.07, 6.45) is 0. The van der Waals surface area contributed by atoms with Gasteiger partial charge in [-0.2, -0.15) is 0 Å². The third-order valence-electron chi connectivity index (χ3n) is 2.38. The predicted molar refractivity (Wildman–Crippen MR) is 73.1 cm³/mol. The second-order valence-electron chi connectivity index (χ2n) is 3.80. The lowest BCUT2D eigenvalue weighted by Gasteiger charge is -2.09. The summed E-state index contributed by atoms with van der Waals surface area (Å²) >= 11 is 3.17. The average molecular weight is 267 g/mol. The molecule has 0 spiro atoms. The predicted octanol–water partition coefficient (Wildman–Crippen LogP) is 3.99. The first-order valence-corrected chi connectivity index (χ1v) is 7.16. The van der Waals surface area contributed by atoms with Crippen LogP contribution in [0.3, 0.4) is 0 Å². The minimum Gasteiger partial charge on any atom is -0.323 e. The summed E-state index contributed by atoms with van der Waals surface area (Å²) in [5.41, 5.74) is 6.07. The van der Waals surface area contributed by atoms with Crippen molar-refractivity contribution in [2.45, 2.75) is 17.9 Å². The molecular formula is C13H14FNS2. The molecule has 1 aromatic heterocycles. The highest BCUT2D eigenvalue weighted by atomic mass is 32.2. The largest absolute Gasteiger partial charge is 0.323 e. The molecule has 4 heteroatoms. The van der Waals surface area contributed by atoms with Crippen molar-refractivity contribution in [3.8, 4) is 0 Å². The molecule has 0 fully saturated rings. The van der Waals surface area contributed by atoms with Gasteiger partial charge in [0.05, 0.1) is 0 Å². The number of aryl methyl sites for hydroxylation is 1. The van der Waals surface area contributed by atoms with Crippen molar-refractivity contribution in [3.63, 3.8) is 0 Å². The van der Waals surface area contributed by atoms with Crippen LogP contribution in [0.5, 0.6) is 0 Å². The number of thioether (sulfide) groups is 1. The lowest BCUT2D eigenvalue weighted by Crippen LogP contribution is -2.11. The summed E-state index contributed by atoms with van der Waals surface area (Å²) in [6.45, 7) is 2.06. The molecule has 0 bridgehead atoms. The molecule has 2 rings (SSSR count). The quantitative estimate of drug-likeness (QED) is 0.848. The molecule has 0 saturated carbocycles. The molecule has 1 unspecified atom stereocenters. The van der Waals surface area contributed by atoms with Gasteiger partial charge in [0.15, 0.2) is 0 Å². The highest BCUT2D eigenvalue weighted by molar-refractivity contribution is 7.99. The Bertz CT molecular complexity index is 496. The average Bonchev–Trinajstić information content (AvgIpc) is 2.74. The van der Waals surface area contributed by atoms with Crippen LogP contribution in [0.4, 0.5) is 4.39 Å². The Morgan fingerprint density at radius 1 is 1.29 bits per heavy atom. The highest BCUT2D eigenvalue weighted by Crippen LogP contribution is 2.28. The van der Waals surface area contributed by atoms with E-state index in [4.69, 9.17) is 5.73 Å². The summed E-state index contributed by atoms with van der Waals surface area (Å²) in [5.74, 6) is 0.521. The van der Waals surface area contributed by atoms with Gasteiger partial charge in [0.1, 0.15) is 5.82 Å². The number of hydrogen-bond donors (Lipinski definition) is 1. The molecule has 1 nitrogen and oxygen atoms in total. The van der Waals surface area contributed by atoms with Gasteiger partial charge in [-0.15, -0.1) is 23.1 Å². The number of rotatable bonds is 4. The lowest BCUT2D eigenvalue weighted by atomic mass is 10.3. The molecule has 90 valence electrons. The van der Waals surface area contributed by atoms with Gasteiger partial charge in [0, 0.05) is 26.4 Å². The number of nitrogens with two attached hydrogens (primary N) is 1. The van der Waals surface area contributed by atoms with Gasteiger partial charge >= 0.3 is 0 Å². The minimum absolute atomic E-state index is 0.0293. The van der Waals surface area contributed by atoms with Crippen LogP contribution in [0.25, 0.3) is 0 Å². The zero-order valence-corrected chi connectivity index (χ0v) is 11.2. The maximum absolute atomic E-state index is 13.4. The van der Waals surface area contributed by atoms with Crippen LogP contribution in [0.15, 0.2) is 41.3 Å². The van der Waals surface area contributed by atoms with Crippen molar-refractivity contribution in [3.05, 3.63) is 52.0 Å². The van der Waals surface area contributed by atoms with Gasteiger partial charge in [-0.25, -0.2) is 4.39 Å². The van der Waals surface area contributed by atoms with E-state index in [1.807, 2.05) is 12.1 Å². The number of thiophene rings is 1. The summed E-state index contributed by atoms with van der Waals surface area (Å²) in [6, 6.07) is 10.9. The summed E-state index contributed by atoms with van der Waals surface area (Å²) in [4.78, 5) is 3.08. The molecule has 2 N–H and O–H groups in total. The molecule has 1 aromatic carbocycles. The molecule has 0 aliphatic carbocycles. The Kier molecular flexibility index (Phi) is 4.20. The molecule has 1 atom stereocenters. The van der Waals surface area contributed by atoms with E-state index in [-0.39, 0.29) is 11.9 Å². The van der Waals surface area contributed by atoms with Crippen molar-refractivity contribution < 1.29 is 4.39 Å². The van der Waals surface area contributed by atoms with Crippen molar-refractivity contribution in [2.24, 2.45) is 5.73 Å². The van der Waals surface area contributed by atoms with Gasteiger partial charge in [0.25, 0.3) is 0 Å². The SMILES string of the molecule is Cc1ccc(C(N)CSc2ccccc2F)s1. The zero-order valence-electron chi connectivity index (χ0n) is 9.52. The van der Waals surface area contributed by atoms with Gasteiger partial charge in [-0.05, 0) is 31.2 Å². The van der Waals surface area contributed by atoms with Crippen molar-refractivity contribution in [2.75, 3.05) is 5.75 Å². The molecule has 17 heavy (non-hydrogen) atoms. The maximum Gasteiger partial charge on any atom is 0.136 e. The Morgan fingerprint density at radius 2 is 2.06 bits per heavy atom. The summed E-state index contributed by atoms with van der Waals surface area (Å²) < 4.78 is 13.4. The summed E-state index contributed by atoms with van der Waals surface area (Å²) in [7, 11) is 0. The van der Waals surface area contributed by atoms with Gasteiger partial charge < -0.3 is 5.73 Å². The number of halogens is 1. The Labute approximate surface area is 109 Å². The van der Waals surface area contributed by atoms with Crippen LogP contribution in [-0.2, 0) is 0 Å². The van der Waals surface area contributed by atoms with Gasteiger partial charge in [-0.1, -0.05) is 12.1 Å². The molecule has 0 radical (unpaired) electrons. The van der Waals surface area contributed by atoms with E-state index < -0.39 is 0 Å². The zero-order chi connectivity index (χ0) is 12.3. The van der Waals surface area contributed by atoms with E-state index in [9.17, 15) is 4.39 Å². The van der Waals surface area contributed by atoms with E-state index in [1.54, 1.807) is 23.5 Å². The van der Waals surface area contributed by atoms with E-state index >= 15 is 0 Å². The topological polar surface area (TPSA) is 26.0 Å².